The molecule has 0 saturated carbocycles. The second kappa shape index (κ2) is 8.10. The smallest absolute Gasteiger partial charge is 0.292 e. The van der Waals surface area contributed by atoms with E-state index in [1.807, 2.05) is 24.3 Å². The van der Waals surface area contributed by atoms with E-state index in [0.717, 1.165) is 12.8 Å². The number of carbonyl (C=O) groups excluding carboxylic acids is 1. The Balaban J connectivity index is 2.01. The molecule has 6 nitrogen and oxygen atoms in total. The predicted octanol–water partition coefficient (Wildman–Crippen LogP) is 3.95. The van der Waals surface area contributed by atoms with E-state index in [-0.39, 0.29) is 11.4 Å². The number of para-hydroxylation sites is 2. The fourth-order valence-electron chi connectivity index (χ4n) is 2.25. The molecule has 1 N–H and O–H groups in total. The van der Waals surface area contributed by atoms with Gasteiger partial charge >= 0.3 is 0 Å². The Morgan fingerprint density at radius 1 is 1.21 bits per heavy atom. The van der Waals surface area contributed by atoms with Crippen LogP contribution >= 0.6 is 0 Å². The molecule has 1 unspecified atom stereocenters. The third kappa shape index (κ3) is 4.55. The minimum Gasteiger partial charge on any atom is -0.481 e. The van der Waals surface area contributed by atoms with Gasteiger partial charge in [0.25, 0.3) is 11.6 Å². The van der Waals surface area contributed by atoms with Crippen molar-refractivity contribution in [1.29, 1.82) is 0 Å². The Kier molecular flexibility index (Phi) is 5.89. The second-order valence-corrected chi connectivity index (χ2v) is 5.42. The summed E-state index contributed by atoms with van der Waals surface area (Å²) in [5.74, 6) is 0.141. The van der Waals surface area contributed by atoms with E-state index in [4.69, 9.17) is 4.74 Å². The molecule has 24 heavy (non-hydrogen) atoms. The maximum Gasteiger partial charge on any atom is 0.292 e. The highest BCUT2D eigenvalue weighted by atomic mass is 16.6. The van der Waals surface area contributed by atoms with Crippen LogP contribution in [0.3, 0.4) is 0 Å². The molecule has 0 heterocycles. The van der Waals surface area contributed by atoms with E-state index in [1.54, 1.807) is 19.1 Å². The third-order valence-electron chi connectivity index (χ3n) is 3.50. The van der Waals surface area contributed by atoms with Crippen LogP contribution in [0.25, 0.3) is 0 Å². The molecule has 0 saturated heterocycles. The maximum atomic E-state index is 12.2. The van der Waals surface area contributed by atoms with E-state index in [0.29, 0.717) is 5.75 Å². The molecule has 0 aliphatic carbocycles. The lowest BCUT2D eigenvalue weighted by Crippen LogP contribution is -2.30. The Morgan fingerprint density at radius 3 is 2.50 bits per heavy atom. The number of rotatable bonds is 7. The molecular weight excluding hydrogens is 308 g/mol. The molecule has 1 atom stereocenters. The van der Waals surface area contributed by atoms with Gasteiger partial charge in [0.15, 0.2) is 6.10 Å². The van der Waals surface area contributed by atoms with Gasteiger partial charge in [0.1, 0.15) is 11.4 Å². The molecule has 0 aliphatic rings. The van der Waals surface area contributed by atoms with Gasteiger partial charge in [-0.25, -0.2) is 0 Å². The molecule has 2 aromatic carbocycles. The van der Waals surface area contributed by atoms with Crippen molar-refractivity contribution in [2.24, 2.45) is 0 Å². The lowest BCUT2D eigenvalue weighted by Gasteiger charge is -2.15. The molecular formula is C18H20N2O4. The lowest BCUT2D eigenvalue weighted by atomic mass is 10.1. The summed E-state index contributed by atoms with van der Waals surface area (Å²) < 4.78 is 5.60. The van der Waals surface area contributed by atoms with Crippen molar-refractivity contribution in [3.8, 4) is 5.75 Å². The van der Waals surface area contributed by atoms with Gasteiger partial charge in [-0.2, -0.15) is 0 Å². The van der Waals surface area contributed by atoms with Crippen LogP contribution in [0.5, 0.6) is 5.75 Å². The van der Waals surface area contributed by atoms with Crippen LogP contribution in [0.15, 0.2) is 48.5 Å². The Bertz CT molecular complexity index is 713. The monoisotopic (exact) mass is 328 g/mol. The average molecular weight is 328 g/mol. The van der Waals surface area contributed by atoms with Gasteiger partial charge in [-0.3, -0.25) is 14.9 Å². The van der Waals surface area contributed by atoms with E-state index >= 15 is 0 Å². The zero-order chi connectivity index (χ0) is 17.5. The molecule has 2 rings (SSSR count). The quantitative estimate of drug-likeness (QED) is 0.616. The van der Waals surface area contributed by atoms with Crippen LogP contribution in [0.2, 0.25) is 0 Å². The number of nitro benzene ring substituents is 1. The fourth-order valence-corrected chi connectivity index (χ4v) is 2.25. The molecule has 0 aromatic heterocycles. The summed E-state index contributed by atoms with van der Waals surface area (Å²) in [6, 6.07) is 13.6. The summed E-state index contributed by atoms with van der Waals surface area (Å²) >= 11 is 0. The highest BCUT2D eigenvalue weighted by Gasteiger charge is 2.19. The molecule has 1 amide bonds. The molecule has 0 radical (unpaired) electrons. The van der Waals surface area contributed by atoms with Crippen molar-refractivity contribution in [2.75, 3.05) is 5.32 Å². The SMILES string of the molecule is CCCc1ccc(OC(C)C(=O)Nc2ccccc2[N+](=O)[O-])cc1. The summed E-state index contributed by atoms with van der Waals surface area (Å²) in [7, 11) is 0. The van der Waals surface area contributed by atoms with Gasteiger partial charge in [0.2, 0.25) is 0 Å². The van der Waals surface area contributed by atoms with Gasteiger partial charge in [-0.15, -0.1) is 0 Å². The van der Waals surface area contributed by atoms with Crippen LogP contribution < -0.4 is 10.1 Å². The van der Waals surface area contributed by atoms with Gasteiger partial charge < -0.3 is 10.1 Å². The zero-order valence-corrected chi connectivity index (χ0v) is 13.7. The molecule has 2 aromatic rings. The summed E-state index contributed by atoms with van der Waals surface area (Å²) in [6.45, 7) is 3.71. The normalized spacial score (nSPS) is 11.6. The standard InChI is InChI=1S/C18H20N2O4/c1-3-6-14-9-11-15(12-10-14)24-13(2)18(21)19-16-7-4-5-8-17(16)20(22)23/h4-5,7-13H,3,6H2,1-2H3,(H,19,21). The van der Waals surface area contributed by atoms with Crippen LogP contribution in [0.1, 0.15) is 25.8 Å². The van der Waals surface area contributed by atoms with Crippen LogP contribution in [-0.4, -0.2) is 16.9 Å². The van der Waals surface area contributed by atoms with E-state index in [9.17, 15) is 14.9 Å². The van der Waals surface area contributed by atoms with Crippen LogP contribution in [-0.2, 0) is 11.2 Å². The average Bonchev–Trinajstić information content (AvgIpc) is 2.57. The van der Waals surface area contributed by atoms with Crippen molar-refractivity contribution >= 4 is 17.3 Å². The highest BCUT2D eigenvalue weighted by Crippen LogP contribution is 2.23. The summed E-state index contributed by atoms with van der Waals surface area (Å²) in [5, 5.41) is 13.5. The first-order valence-electron chi connectivity index (χ1n) is 7.81. The number of aryl methyl sites for hydroxylation is 1. The van der Waals surface area contributed by atoms with E-state index in [1.165, 1.54) is 17.7 Å². The minimum absolute atomic E-state index is 0.151. The Labute approximate surface area is 140 Å². The third-order valence-corrected chi connectivity index (χ3v) is 3.50. The topological polar surface area (TPSA) is 81.5 Å². The number of benzene rings is 2. The summed E-state index contributed by atoms with van der Waals surface area (Å²) in [5.41, 5.74) is 1.21. The lowest BCUT2D eigenvalue weighted by molar-refractivity contribution is -0.383. The van der Waals surface area contributed by atoms with Crippen molar-refractivity contribution in [2.45, 2.75) is 32.8 Å². The first-order valence-corrected chi connectivity index (χ1v) is 7.81. The van der Waals surface area contributed by atoms with Crippen molar-refractivity contribution in [1.82, 2.24) is 0 Å². The van der Waals surface area contributed by atoms with Gasteiger partial charge in [-0.05, 0) is 37.1 Å². The van der Waals surface area contributed by atoms with Crippen LogP contribution in [0, 0.1) is 10.1 Å². The molecule has 0 fully saturated rings. The first kappa shape index (κ1) is 17.5. The molecule has 0 bridgehead atoms. The zero-order valence-electron chi connectivity index (χ0n) is 13.7. The number of hydrogen-bond acceptors (Lipinski definition) is 4. The number of amides is 1. The van der Waals surface area contributed by atoms with Gasteiger partial charge in [0.05, 0.1) is 4.92 Å². The highest BCUT2D eigenvalue weighted by molar-refractivity contribution is 5.96. The molecule has 126 valence electrons. The molecule has 0 spiro atoms. The van der Waals surface area contributed by atoms with Crippen molar-refractivity contribution < 1.29 is 14.5 Å². The first-order chi connectivity index (χ1) is 11.5. The molecule has 6 heteroatoms. The number of carbonyl (C=O) groups is 1. The largest absolute Gasteiger partial charge is 0.481 e. The van der Waals surface area contributed by atoms with Crippen molar-refractivity contribution in [3.05, 3.63) is 64.2 Å². The number of nitro groups is 1. The van der Waals surface area contributed by atoms with E-state index in [2.05, 4.69) is 12.2 Å². The number of hydrogen-bond donors (Lipinski definition) is 1. The maximum absolute atomic E-state index is 12.2. The molecule has 0 aliphatic heterocycles. The van der Waals surface area contributed by atoms with Gasteiger partial charge in [0, 0.05) is 6.07 Å². The summed E-state index contributed by atoms with van der Waals surface area (Å²) in [4.78, 5) is 22.6. The second-order valence-electron chi connectivity index (χ2n) is 5.42. The Hall–Kier alpha value is -2.89. The van der Waals surface area contributed by atoms with E-state index < -0.39 is 16.9 Å². The number of anilines is 1. The fraction of sp³-hybridized carbons (Fsp3) is 0.278. The Morgan fingerprint density at radius 2 is 1.88 bits per heavy atom. The minimum atomic E-state index is -0.776. The number of ether oxygens (including phenoxy) is 1. The van der Waals surface area contributed by atoms with Crippen molar-refractivity contribution in [3.63, 3.8) is 0 Å². The van der Waals surface area contributed by atoms with Gasteiger partial charge in [-0.1, -0.05) is 37.6 Å². The predicted molar refractivity (Wildman–Crippen MR) is 92.3 cm³/mol. The summed E-state index contributed by atoms with van der Waals surface area (Å²) in [6.07, 6.45) is 1.28. The van der Waals surface area contributed by atoms with Crippen LogP contribution in [0.4, 0.5) is 11.4 Å². The number of nitrogens with one attached hydrogen (secondary N) is 1. The number of nitrogens with zero attached hydrogens (tertiary/aromatic N) is 1.